The smallest absolute Gasteiger partial charge is 0.225 e. The van der Waals surface area contributed by atoms with E-state index in [1.54, 1.807) is 0 Å². The quantitative estimate of drug-likeness (QED) is 0.786. The Balaban J connectivity index is 2.25. The van der Waals surface area contributed by atoms with Gasteiger partial charge in [-0.1, -0.05) is 29.8 Å². The average Bonchev–Trinajstić information content (AvgIpc) is 2.55. The zero-order chi connectivity index (χ0) is 16.8. The number of hydrogen-bond acceptors (Lipinski definition) is 3. The van der Waals surface area contributed by atoms with E-state index >= 15 is 0 Å². The molecule has 5 heteroatoms. The second kappa shape index (κ2) is 8.11. The van der Waals surface area contributed by atoms with Gasteiger partial charge in [-0.25, -0.2) is 0 Å². The molecule has 23 heavy (non-hydrogen) atoms. The van der Waals surface area contributed by atoms with Crippen molar-refractivity contribution in [2.45, 2.75) is 39.2 Å². The standard InChI is InChI=1S/C18H26N2O3/c1-3-20-16(22)10-9-15(18(23)19-11-4-12-21)17(20)14-7-5-13(2)6-8-14/h5-8,15,17,21H,3-4,9-12H2,1-2H3,(H,19,23)/t15-,17+/m1/s1. The molecule has 1 fully saturated rings. The van der Waals surface area contributed by atoms with E-state index in [1.807, 2.05) is 43.0 Å². The van der Waals surface area contributed by atoms with Gasteiger partial charge in [-0.3, -0.25) is 9.59 Å². The molecule has 126 valence electrons. The summed E-state index contributed by atoms with van der Waals surface area (Å²) in [5.41, 5.74) is 2.16. The van der Waals surface area contributed by atoms with Crippen molar-refractivity contribution in [3.05, 3.63) is 35.4 Å². The normalized spacial score (nSPS) is 21.3. The predicted octanol–water partition coefficient (Wildman–Crippen LogP) is 1.79. The molecule has 1 saturated heterocycles. The number of piperidine rings is 1. The van der Waals surface area contributed by atoms with Crippen LogP contribution in [0.15, 0.2) is 24.3 Å². The first-order chi connectivity index (χ1) is 11.1. The van der Waals surface area contributed by atoms with Gasteiger partial charge in [-0.15, -0.1) is 0 Å². The van der Waals surface area contributed by atoms with E-state index < -0.39 is 0 Å². The number of benzene rings is 1. The first-order valence-corrected chi connectivity index (χ1v) is 8.33. The molecule has 0 aliphatic carbocycles. The Morgan fingerprint density at radius 3 is 2.65 bits per heavy atom. The molecule has 1 aromatic carbocycles. The number of amides is 2. The zero-order valence-electron chi connectivity index (χ0n) is 13.9. The van der Waals surface area contributed by atoms with E-state index in [-0.39, 0.29) is 30.4 Å². The van der Waals surface area contributed by atoms with Gasteiger partial charge >= 0.3 is 0 Å². The van der Waals surface area contributed by atoms with Crippen molar-refractivity contribution in [2.24, 2.45) is 5.92 Å². The molecule has 2 rings (SSSR count). The highest BCUT2D eigenvalue weighted by molar-refractivity contribution is 5.85. The fraction of sp³-hybridized carbons (Fsp3) is 0.556. The molecule has 2 atom stereocenters. The van der Waals surface area contributed by atoms with Gasteiger partial charge in [-0.2, -0.15) is 0 Å². The Kier molecular flexibility index (Phi) is 6.16. The van der Waals surface area contributed by atoms with Crippen molar-refractivity contribution in [1.29, 1.82) is 0 Å². The molecule has 0 aromatic heterocycles. The van der Waals surface area contributed by atoms with Gasteiger partial charge < -0.3 is 15.3 Å². The van der Waals surface area contributed by atoms with Gasteiger partial charge in [0.05, 0.1) is 12.0 Å². The summed E-state index contributed by atoms with van der Waals surface area (Å²) in [6, 6.07) is 7.84. The average molecular weight is 318 g/mol. The lowest BCUT2D eigenvalue weighted by Crippen LogP contribution is -2.48. The Bertz CT molecular complexity index is 542. The topological polar surface area (TPSA) is 69.6 Å². The monoisotopic (exact) mass is 318 g/mol. The van der Waals surface area contributed by atoms with Crippen LogP contribution in [0.5, 0.6) is 0 Å². The van der Waals surface area contributed by atoms with E-state index in [2.05, 4.69) is 5.32 Å². The summed E-state index contributed by atoms with van der Waals surface area (Å²) in [6.45, 7) is 5.09. The summed E-state index contributed by atoms with van der Waals surface area (Å²) in [6.07, 6.45) is 1.53. The molecule has 1 aliphatic heterocycles. The molecule has 5 nitrogen and oxygen atoms in total. The van der Waals surface area contributed by atoms with Crippen molar-refractivity contribution in [3.63, 3.8) is 0 Å². The van der Waals surface area contributed by atoms with Gasteiger partial charge in [0, 0.05) is 26.1 Å². The van der Waals surface area contributed by atoms with Crippen LogP contribution in [0.1, 0.15) is 43.4 Å². The van der Waals surface area contributed by atoms with E-state index in [0.717, 1.165) is 11.1 Å². The van der Waals surface area contributed by atoms with E-state index in [1.165, 1.54) is 0 Å². The molecule has 0 unspecified atom stereocenters. The third-order valence-corrected chi connectivity index (χ3v) is 4.44. The Morgan fingerprint density at radius 1 is 1.35 bits per heavy atom. The number of rotatable bonds is 6. The van der Waals surface area contributed by atoms with Crippen molar-refractivity contribution < 1.29 is 14.7 Å². The van der Waals surface area contributed by atoms with Gasteiger partial charge in [-0.05, 0) is 32.3 Å². The second-order valence-corrected chi connectivity index (χ2v) is 6.05. The lowest BCUT2D eigenvalue weighted by Gasteiger charge is -2.40. The number of carbonyl (C=O) groups excluding carboxylic acids is 2. The SMILES string of the molecule is CCN1C(=O)CC[C@@H](C(=O)NCCCO)[C@@H]1c1ccc(C)cc1. The maximum Gasteiger partial charge on any atom is 0.225 e. The van der Waals surface area contributed by atoms with E-state index in [4.69, 9.17) is 5.11 Å². The Labute approximate surface area is 137 Å². The highest BCUT2D eigenvalue weighted by Crippen LogP contribution is 2.36. The molecule has 2 N–H and O–H groups in total. The summed E-state index contributed by atoms with van der Waals surface area (Å²) < 4.78 is 0. The molecule has 0 radical (unpaired) electrons. The molecular formula is C18H26N2O3. The predicted molar refractivity (Wildman–Crippen MR) is 88.7 cm³/mol. The largest absolute Gasteiger partial charge is 0.396 e. The molecule has 1 aromatic rings. The van der Waals surface area contributed by atoms with Gasteiger partial charge in [0.1, 0.15) is 0 Å². The maximum absolute atomic E-state index is 12.6. The van der Waals surface area contributed by atoms with Crippen LogP contribution in [0.3, 0.4) is 0 Å². The second-order valence-electron chi connectivity index (χ2n) is 6.05. The van der Waals surface area contributed by atoms with Crippen LogP contribution in [0, 0.1) is 12.8 Å². The summed E-state index contributed by atoms with van der Waals surface area (Å²) in [7, 11) is 0. The molecule has 0 saturated carbocycles. The van der Waals surface area contributed by atoms with Crippen LogP contribution in [-0.4, -0.2) is 41.5 Å². The Hall–Kier alpha value is -1.88. The number of hydrogen-bond donors (Lipinski definition) is 2. The van der Waals surface area contributed by atoms with Crippen molar-refractivity contribution in [3.8, 4) is 0 Å². The van der Waals surface area contributed by atoms with Crippen LogP contribution in [0.4, 0.5) is 0 Å². The van der Waals surface area contributed by atoms with Crippen LogP contribution in [0.2, 0.25) is 0 Å². The lowest BCUT2D eigenvalue weighted by atomic mass is 9.83. The summed E-state index contributed by atoms with van der Waals surface area (Å²) >= 11 is 0. The van der Waals surface area contributed by atoms with Crippen LogP contribution in [0.25, 0.3) is 0 Å². The fourth-order valence-corrected chi connectivity index (χ4v) is 3.20. The van der Waals surface area contributed by atoms with Gasteiger partial charge in [0.15, 0.2) is 0 Å². The number of likely N-dealkylation sites (tertiary alicyclic amines) is 1. The third kappa shape index (κ3) is 4.10. The van der Waals surface area contributed by atoms with E-state index in [0.29, 0.717) is 32.4 Å². The summed E-state index contributed by atoms with van der Waals surface area (Å²) in [4.78, 5) is 26.6. The number of nitrogens with zero attached hydrogens (tertiary/aromatic N) is 1. The maximum atomic E-state index is 12.6. The van der Waals surface area contributed by atoms with Gasteiger partial charge in [0.25, 0.3) is 0 Å². The lowest BCUT2D eigenvalue weighted by molar-refractivity contribution is -0.143. The van der Waals surface area contributed by atoms with Crippen LogP contribution in [-0.2, 0) is 9.59 Å². The Morgan fingerprint density at radius 2 is 2.04 bits per heavy atom. The number of aliphatic hydroxyl groups is 1. The molecular weight excluding hydrogens is 292 g/mol. The molecule has 1 heterocycles. The number of aryl methyl sites for hydroxylation is 1. The fourth-order valence-electron chi connectivity index (χ4n) is 3.20. The van der Waals surface area contributed by atoms with Crippen molar-refractivity contribution >= 4 is 11.8 Å². The molecule has 1 aliphatic rings. The number of nitrogens with one attached hydrogen (secondary N) is 1. The molecule has 0 bridgehead atoms. The zero-order valence-corrected chi connectivity index (χ0v) is 13.9. The van der Waals surface area contributed by atoms with Crippen LogP contribution >= 0.6 is 0 Å². The van der Waals surface area contributed by atoms with Crippen LogP contribution < -0.4 is 5.32 Å². The number of aliphatic hydroxyl groups excluding tert-OH is 1. The number of carbonyl (C=O) groups is 2. The van der Waals surface area contributed by atoms with E-state index in [9.17, 15) is 9.59 Å². The minimum Gasteiger partial charge on any atom is -0.396 e. The first kappa shape index (κ1) is 17.5. The highest BCUT2D eigenvalue weighted by Gasteiger charge is 2.39. The minimum atomic E-state index is -0.242. The molecule has 0 spiro atoms. The van der Waals surface area contributed by atoms with Crippen molar-refractivity contribution in [2.75, 3.05) is 19.7 Å². The third-order valence-electron chi connectivity index (χ3n) is 4.44. The summed E-state index contributed by atoms with van der Waals surface area (Å²) in [5.74, 6) is -0.165. The van der Waals surface area contributed by atoms with Gasteiger partial charge in [0.2, 0.25) is 11.8 Å². The first-order valence-electron chi connectivity index (χ1n) is 8.33. The van der Waals surface area contributed by atoms with Crippen molar-refractivity contribution in [1.82, 2.24) is 10.2 Å². The molecule has 2 amide bonds. The highest BCUT2D eigenvalue weighted by atomic mass is 16.3. The summed E-state index contributed by atoms with van der Waals surface area (Å²) in [5, 5.41) is 11.7. The minimum absolute atomic E-state index is 0.0324.